The number of urea groups is 1. The number of rotatable bonds is 15. The predicted octanol–water partition coefficient (Wildman–Crippen LogP) is 5.16. The number of unbranched alkanes of at least 4 members (excludes halogenated alkanes) is 1. The minimum atomic E-state index is -0.686. The maximum Gasteiger partial charge on any atom is 0.325 e. The molecule has 284 valence electrons. The number of carbonyl (C=O) groups excluding carboxylic acids is 6. The average Bonchev–Trinajstić information content (AvgIpc) is 3.46. The van der Waals surface area contributed by atoms with Gasteiger partial charge in [0.1, 0.15) is 18.9 Å². The van der Waals surface area contributed by atoms with Gasteiger partial charge in [0.2, 0.25) is 11.7 Å². The van der Waals surface area contributed by atoms with E-state index in [9.17, 15) is 28.8 Å². The quantitative estimate of drug-likeness (QED) is 0.0511. The van der Waals surface area contributed by atoms with Gasteiger partial charge in [-0.05, 0) is 57.3 Å². The highest BCUT2D eigenvalue weighted by atomic mass is 32.1. The smallest absolute Gasteiger partial charge is 0.325 e. The summed E-state index contributed by atoms with van der Waals surface area (Å²) in [5.74, 6) is -0.658. The second-order valence-electron chi connectivity index (χ2n) is 13.2. The molecule has 0 aromatic carbocycles. The Hall–Kier alpha value is -2.93. The van der Waals surface area contributed by atoms with Gasteiger partial charge in [-0.3, -0.25) is 23.9 Å². The van der Waals surface area contributed by atoms with Crippen LogP contribution in [0.5, 0.6) is 0 Å². The highest BCUT2D eigenvalue weighted by molar-refractivity contribution is 7.78. The monoisotopic (exact) mass is 713 g/mol. The normalized spacial score (nSPS) is 18.2. The van der Waals surface area contributed by atoms with E-state index in [2.05, 4.69) is 60.8 Å². The molecular formula is C36H67N5O7S. The lowest BCUT2D eigenvalue weighted by Gasteiger charge is -2.34. The van der Waals surface area contributed by atoms with Crippen molar-refractivity contribution in [3.05, 3.63) is 12.7 Å². The van der Waals surface area contributed by atoms with Gasteiger partial charge >= 0.3 is 12.0 Å². The average molecular weight is 714 g/mol. The van der Waals surface area contributed by atoms with Gasteiger partial charge in [-0.25, -0.2) is 4.79 Å². The van der Waals surface area contributed by atoms with E-state index in [1.54, 1.807) is 18.7 Å². The number of hydrogen-bond donors (Lipinski definition) is 5. The summed E-state index contributed by atoms with van der Waals surface area (Å²) >= 11 is 3.84. The van der Waals surface area contributed by atoms with E-state index in [0.717, 1.165) is 57.1 Å². The molecule has 3 unspecified atom stereocenters. The van der Waals surface area contributed by atoms with Gasteiger partial charge in [-0.2, -0.15) is 0 Å². The van der Waals surface area contributed by atoms with Crippen LogP contribution in [0.1, 0.15) is 120 Å². The molecule has 1 saturated heterocycles. The molecule has 12 nitrogen and oxygen atoms in total. The number of nitrogens with one attached hydrogen (secondary N) is 4. The number of ketones is 1. The summed E-state index contributed by atoms with van der Waals surface area (Å²) in [6.45, 7) is 22.0. The molecule has 2 fully saturated rings. The van der Waals surface area contributed by atoms with Crippen LogP contribution in [0.15, 0.2) is 12.7 Å². The summed E-state index contributed by atoms with van der Waals surface area (Å²) in [5, 5.41) is 7.68. The van der Waals surface area contributed by atoms with E-state index in [0.29, 0.717) is 25.9 Å². The molecule has 0 bridgehead atoms. The van der Waals surface area contributed by atoms with Crippen LogP contribution in [0, 0.1) is 17.8 Å². The van der Waals surface area contributed by atoms with Gasteiger partial charge in [0, 0.05) is 13.1 Å². The second kappa shape index (κ2) is 28.9. The first-order chi connectivity index (χ1) is 23.2. The zero-order valence-corrected chi connectivity index (χ0v) is 32.5. The van der Waals surface area contributed by atoms with Gasteiger partial charge in [0.15, 0.2) is 0 Å². The molecule has 13 heteroatoms. The zero-order valence-electron chi connectivity index (χ0n) is 31.6. The number of carbonyl (C=O) groups is 6. The molecule has 2 rings (SSSR count). The molecule has 0 spiro atoms. The second-order valence-corrected chi connectivity index (χ2v) is 13.5. The van der Waals surface area contributed by atoms with Crippen molar-refractivity contribution in [1.82, 2.24) is 25.6 Å². The van der Waals surface area contributed by atoms with E-state index in [4.69, 9.17) is 4.74 Å². The van der Waals surface area contributed by atoms with E-state index < -0.39 is 41.8 Å². The minimum Gasteiger partial charge on any atom is -0.462 e. The summed E-state index contributed by atoms with van der Waals surface area (Å²) in [6, 6.07) is -2.19. The fraction of sp³-hybridized carbons (Fsp3) is 0.778. The number of hydrogen-bond acceptors (Lipinski definition) is 9. The third-order valence-electron chi connectivity index (χ3n) is 7.38. The molecule has 2 aliphatic rings. The van der Waals surface area contributed by atoms with Gasteiger partial charge in [-0.1, -0.05) is 99.5 Å². The fourth-order valence-electron chi connectivity index (χ4n) is 5.22. The number of aldehydes is 1. The summed E-state index contributed by atoms with van der Waals surface area (Å²) in [6.07, 6.45) is 10.1. The molecule has 4 amide bonds. The van der Waals surface area contributed by atoms with Crippen LogP contribution in [-0.4, -0.2) is 84.6 Å². The summed E-state index contributed by atoms with van der Waals surface area (Å²) in [5.41, 5.74) is 0. The lowest BCUT2D eigenvalue weighted by Crippen LogP contribution is -2.56. The summed E-state index contributed by atoms with van der Waals surface area (Å²) in [4.78, 5) is 73.0. The molecule has 1 heterocycles. The highest BCUT2D eigenvalue weighted by Gasteiger charge is 2.40. The Morgan fingerprint density at radius 3 is 2.08 bits per heavy atom. The minimum absolute atomic E-state index is 0.0397. The summed E-state index contributed by atoms with van der Waals surface area (Å²) in [7, 11) is 0. The maximum absolute atomic E-state index is 13.2. The first-order valence-electron chi connectivity index (χ1n) is 18.0. The van der Waals surface area contributed by atoms with Crippen LogP contribution in [0.25, 0.3) is 0 Å². The standard InChI is InChI=1S/C20H33N3O5.C10H18N2O2S.C4H10.C2H6/c1-13(2)28-17(25)10-21-20(27)22-18(15-7-5-4-6-8-15)19(26)23-11-14(3)9-16(23)12-24;1-3-5-6-8(12-15)9(13)10(14)11-7-4-2;1-4(2)3;1-2/h12-16,18H,4-11H2,1-3H3,(H2,21,22,27);4,8,12,15H,2-3,5-7H2,1H3,(H,11,14);4H,1-3H3;1-2H3/t14-,16?,18?;;;/m1.../s1. The van der Waals surface area contributed by atoms with Crippen LogP contribution >= 0.6 is 12.8 Å². The first kappa shape index (κ1) is 48.2. The molecule has 1 aliphatic heterocycles. The molecule has 1 aliphatic carbocycles. The lowest BCUT2D eigenvalue weighted by molar-refractivity contribution is -0.146. The van der Waals surface area contributed by atoms with E-state index in [-0.39, 0.29) is 30.4 Å². The Morgan fingerprint density at radius 1 is 1.00 bits per heavy atom. The third kappa shape index (κ3) is 21.7. The molecule has 1 saturated carbocycles. The van der Waals surface area contributed by atoms with Crippen molar-refractivity contribution in [3.63, 3.8) is 0 Å². The van der Waals surface area contributed by atoms with Gasteiger partial charge in [0.25, 0.3) is 5.91 Å². The molecule has 49 heavy (non-hydrogen) atoms. The Kier molecular flexibility index (Phi) is 28.4. The predicted molar refractivity (Wildman–Crippen MR) is 199 cm³/mol. The van der Waals surface area contributed by atoms with E-state index in [1.807, 2.05) is 27.7 Å². The van der Waals surface area contributed by atoms with Crippen molar-refractivity contribution in [3.8, 4) is 0 Å². The molecule has 0 radical (unpaired) electrons. The van der Waals surface area contributed by atoms with Crippen molar-refractivity contribution in [2.75, 3.05) is 19.6 Å². The van der Waals surface area contributed by atoms with Crippen molar-refractivity contribution < 1.29 is 33.5 Å². The number of ether oxygens (including phenoxy) is 1. The van der Waals surface area contributed by atoms with Crippen LogP contribution in [0.2, 0.25) is 0 Å². The van der Waals surface area contributed by atoms with Gasteiger partial charge in [-0.15, -0.1) is 6.58 Å². The number of Topliss-reactive ketones (excluding diaryl/α,β-unsaturated/α-hetero) is 1. The molecule has 4 atom stereocenters. The van der Waals surface area contributed by atoms with E-state index in [1.165, 1.54) is 6.08 Å². The number of nitrogens with zero attached hydrogens (tertiary/aromatic N) is 1. The highest BCUT2D eigenvalue weighted by Crippen LogP contribution is 2.30. The Balaban J connectivity index is 0. The van der Waals surface area contributed by atoms with Crippen molar-refractivity contribution in [2.24, 2.45) is 17.8 Å². The van der Waals surface area contributed by atoms with Gasteiger partial charge in [0.05, 0.1) is 18.2 Å². The number of esters is 1. The largest absolute Gasteiger partial charge is 0.462 e. The van der Waals surface area contributed by atoms with E-state index >= 15 is 0 Å². The van der Waals surface area contributed by atoms with Crippen LogP contribution in [0.4, 0.5) is 4.79 Å². The van der Waals surface area contributed by atoms with Crippen molar-refractivity contribution in [1.29, 1.82) is 0 Å². The maximum atomic E-state index is 13.2. The van der Waals surface area contributed by atoms with Crippen LogP contribution in [0.3, 0.4) is 0 Å². The molecule has 4 N–H and O–H groups in total. The summed E-state index contributed by atoms with van der Waals surface area (Å²) < 4.78 is 7.55. The third-order valence-corrected chi connectivity index (χ3v) is 7.69. The van der Waals surface area contributed by atoms with Gasteiger partial charge < -0.3 is 30.4 Å². The Morgan fingerprint density at radius 2 is 1.59 bits per heavy atom. The first-order valence-corrected chi connectivity index (χ1v) is 18.5. The van der Waals surface area contributed by atoms with Crippen LogP contribution in [-0.2, 0) is 28.7 Å². The lowest BCUT2D eigenvalue weighted by atomic mass is 9.83. The fourth-order valence-corrected chi connectivity index (χ4v) is 5.46. The van der Waals surface area contributed by atoms with Crippen molar-refractivity contribution in [2.45, 2.75) is 144 Å². The van der Waals surface area contributed by atoms with Crippen molar-refractivity contribution >= 4 is 48.7 Å². The molecule has 0 aromatic heterocycles. The number of amides is 4. The topological polar surface area (TPSA) is 163 Å². The zero-order chi connectivity index (χ0) is 37.9. The molecule has 0 aromatic rings. The SMILES string of the molecule is C=CCNC(=O)C(=O)C(CCCC)NS.CC.CC(C)C.CC(C)OC(=O)CNC(=O)NC(C(=O)N1C[C@H](C)CC1C=O)C1CCCCC1. The number of likely N-dealkylation sites (tertiary alicyclic amines) is 1. The van der Waals surface area contributed by atoms with Crippen LogP contribution < -0.4 is 20.7 Å². The Bertz CT molecular complexity index is 986. The Labute approximate surface area is 301 Å². The molecular weight excluding hydrogens is 646 g/mol. The number of thiol groups is 1.